The Kier molecular flexibility index (Phi) is 5.18. The molecule has 0 fully saturated rings. The molecule has 1 aliphatic rings. The van der Waals surface area contributed by atoms with Gasteiger partial charge in [-0.25, -0.2) is 0 Å². The van der Waals surface area contributed by atoms with Crippen LogP contribution in [0.4, 0.5) is 11.4 Å². The number of aryl methyl sites for hydroxylation is 2. The molecule has 6 nitrogen and oxygen atoms in total. The number of carbonyl (C=O) groups excluding carboxylic acids is 1. The predicted octanol–water partition coefficient (Wildman–Crippen LogP) is 5.00. The first kappa shape index (κ1) is 19.4. The third-order valence-corrected chi connectivity index (χ3v) is 6.04. The van der Waals surface area contributed by atoms with Crippen molar-refractivity contribution in [3.8, 4) is 17.2 Å². The average molecular weight is 430 g/mol. The van der Waals surface area contributed by atoms with Crippen molar-refractivity contribution >= 4 is 29.0 Å². The molecule has 0 aliphatic carbocycles. The van der Waals surface area contributed by atoms with Crippen LogP contribution in [0.15, 0.2) is 82.4 Å². The molecular weight excluding hydrogens is 410 g/mol. The fourth-order valence-corrected chi connectivity index (χ4v) is 4.38. The number of nitrogens with zero attached hydrogens (tertiary/aromatic N) is 3. The molecule has 0 atom stereocenters. The summed E-state index contributed by atoms with van der Waals surface area (Å²) in [7, 11) is 0. The predicted molar refractivity (Wildman–Crippen MR) is 120 cm³/mol. The van der Waals surface area contributed by atoms with E-state index in [-0.39, 0.29) is 28.5 Å². The third-order valence-electron chi connectivity index (χ3n) is 5.24. The zero-order chi connectivity index (χ0) is 21.2. The minimum atomic E-state index is -0.0610. The summed E-state index contributed by atoms with van der Waals surface area (Å²) in [6.45, 7) is 0. The maximum atomic E-state index is 13.4. The van der Waals surface area contributed by atoms with Crippen molar-refractivity contribution in [3.63, 3.8) is 0 Å². The highest BCUT2D eigenvalue weighted by Crippen LogP contribution is 2.37. The first-order chi connectivity index (χ1) is 15.2. The van der Waals surface area contributed by atoms with Crippen LogP contribution in [0.25, 0.3) is 11.5 Å². The Labute approximate surface area is 183 Å². The van der Waals surface area contributed by atoms with Crippen LogP contribution in [-0.2, 0) is 17.6 Å². The van der Waals surface area contributed by atoms with Crippen LogP contribution in [0.3, 0.4) is 0 Å². The Bertz CT molecular complexity index is 1210. The standard InChI is InChI=1S/C24H19N3O3S/c28-21-12-6-3-9-18(21)23-25-26-24(30-23)31-15-22(29)27-19-10-4-1-7-16(19)13-14-17-8-2-5-11-20(17)27/h1-12,28H,13-15H2. The molecule has 1 amide bonds. The van der Waals surface area contributed by atoms with Gasteiger partial charge < -0.3 is 9.52 Å². The summed E-state index contributed by atoms with van der Waals surface area (Å²) in [5.41, 5.74) is 4.59. The Morgan fingerprint density at radius 1 is 0.903 bits per heavy atom. The van der Waals surface area contributed by atoms with Gasteiger partial charge in [-0.05, 0) is 48.2 Å². The van der Waals surface area contributed by atoms with Crippen LogP contribution in [0.1, 0.15) is 11.1 Å². The maximum absolute atomic E-state index is 13.4. The van der Waals surface area contributed by atoms with E-state index in [1.807, 2.05) is 36.4 Å². The lowest BCUT2D eigenvalue weighted by atomic mass is 10.0. The number of anilines is 2. The van der Waals surface area contributed by atoms with E-state index in [9.17, 15) is 9.90 Å². The Morgan fingerprint density at radius 2 is 1.52 bits per heavy atom. The van der Waals surface area contributed by atoms with Crippen molar-refractivity contribution < 1.29 is 14.3 Å². The molecule has 1 N–H and O–H groups in total. The first-order valence-electron chi connectivity index (χ1n) is 9.94. The number of hydrogen-bond donors (Lipinski definition) is 1. The van der Waals surface area contributed by atoms with Crippen LogP contribution in [0, 0.1) is 0 Å². The highest BCUT2D eigenvalue weighted by Gasteiger charge is 2.26. The van der Waals surface area contributed by atoms with Crippen LogP contribution in [0.2, 0.25) is 0 Å². The topological polar surface area (TPSA) is 79.5 Å². The molecule has 5 rings (SSSR count). The SMILES string of the molecule is O=C(CSc1nnc(-c2ccccc2O)o1)N1c2ccccc2CCc2ccccc21. The van der Waals surface area contributed by atoms with Gasteiger partial charge in [0.2, 0.25) is 5.91 Å². The molecule has 1 aromatic heterocycles. The summed E-state index contributed by atoms with van der Waals surface area (Å²) in [4.78, 5) is 15.2. The van der Waals surface area contributed by atoms with Crippen LogP contribution >= 0.6 is 11.8 Å². The molecule has 7 heteroatoms. The second-order valence-corrected chi connectivity index (χ2v) is 8.09. The van der Waals surface area contributed by atoms with Gasteiger partial charge in [0, 0.05) is 0 Å². The lowest BCUT2D eigenvalue weighted by molar-refractivity contribution is -0.115. The molecule has 3 aromatic carbocycles. The number of phenols is 1. The zero-order valence-corrected chi connectivity index (χ0v) is 17.4. The van der Waals surface area contributed by atoms with Crippen LogP contribution in [0.5, 0.6) is 5.75 Å². The number of phenolic OH excluding ortho intramolecular Hbond substituents is 1. The number of thioether (sulfide) groups is 1. The molecule has 0 radical (unpaired) electrons. The van der Waals surface area contributed by atoms with E-state index in [0.717, 1.165) is 35.3 Å². The van der Waals surface area contributed by atoms with Gasteiger partial charge in [0.25, 0.3) is 11.1 Å². The van der Waals surface area contributed by atoms with Gasteiger partial charge in [-0.15, -0.1) is 10.2 Å². The number of carbonyl (C=O) groups is 1. The molecule has 1 aliphatic heterocycles. The van der Waals surface area contributed by atoms with Crippen molar-refractivity contribution in [2.75, 3.05) is 10.7 Å². The largest absolute Gasteiger partial charge is 0.507 e. The van der Waals surface area contributed by atoms with Gasteiger partial charge in [0.15, 0.2) is 0 Å². The second-order valence-electron chi connectivity index (χ2n) is 7.17. The van der Waals surface area contributed by atoms with Crippen molar-refractivity contribution in [2.24, 2.45) is 0 Å². The fraction of sp³-hybridized carbons (Fsp3) is 0.125. The number of amides is 1. The number of hydrogen-bond acceptors (Lipinski definition) is 6. The zero-order valence-electron chi connectivity index (χ0n) is 16.6. The summed E-state index contributed by atoms with van der Waals surface area (Å²) < 4.78 is 5.66. The van der Waals surface area contributed by atoms with Crippen molar-refractivity contribution in [3.05, 3.63) is 83.9 Å². The molecule has 0 saturated heterocycles. The molecular formula is C24H19N3O3S. The number of benzene rings is 3. The van der Waals surface area contributed by atoms with E-state index in [2.05, 4.69) is 22.3 Å². The van der Waals surface area contributed by atoms with Gasteiger partial charge in [0.1, 0.15) is 5.75 Å². The molecule has 0 bridgehead atoms. The van der Waals surface area contributed by atoms with Crippen molar-refractivity contribution in [1.82, 2.24) is 10.2 Å². The van der Waals surface area contributed by atoms with Crippen LogP contribution in [-0.4, -0.2) is 27.0 Å². The lowest BCUT2D eigenvalue weighted by Crippen LogP contribution is -2.28. The average Bonchev–Trinajstić information content (AvgIpc) is 3.20. The summed E-state index contributed by atoms with van der Waals surface area (Å²) >= 11 is 1.19. The van der Waals surface area contributed by atoms with Gasteiger partial charge in [-0.3, -0.25) is 9.69 Å². The van der Waals surface area contributed by atoms with E-state index in [4.69, 9.17) is 4.42 Å². The van der Waals surface area contributed by atoms with E-state index in [1.165, 1.54) is 11.8 Å². The van der Waals surface area contributed by atoms with Gasteiger partial charge in [0.05, 0.1) is 22.7 Å². The monoisotopic (exact) mass is 429 g/mol. The van der Waals surface area contributed by atoms with E-state index in [1.54, 1.807) is 29.2 Å². The normalized spacial score (nSPS) is 12.7. The summed E-state index contributed by atoms with van der Waals surface area (Å²) in [6.07, 6.45) is 1.77. The minimum Gasteiger partial charge on any atom is -0.507 e. The summed E-state index contributed by atoms with van der Waals surface area (Å²) in [5, 5.41) is 18.3. The number of aromatic nitrogens is 2. The number of fused-ring (bicyclic) bond motifs is 2. The van der Waals surface area contributed by atoms with Crippen molar-refractivity contribution in [1.29, 1.82) is 0 Å². The molecule has 0 spiro atoms. The highest BCUT2D eigenvalue weighted by atomic mass is 32.2. The first-order valence-corrected chi connectivity index (χ1v) is 10.9. The highest BCUT2D eigenvalue weighted by molar-refractivity contribution is 7.99. The molecule has 31 heavy (non-hydrogen) atoms. The molecule has 0 unspecified atom stereocenters. The smallest absolute Gasteiger partial charge is 0.277 e. The number of rotatable bonds is 4. The van der Waals surface area contributed by atoms with Crippen LogP contribution < -0.4 is 4.90 Å². The number of para-hydroxylation sites is 3. The second kappa shape index (κ2) is 8.28. The van der Waals surface area contributed by atoms with Gasteiger partial charge in [-0.1, -0.05) is 60.3 Å². The van der Waals surface area contributed by atoms with Gasteiger partial charge in [-0.2, -0.15) is 0 Å². The van der Waals surface area contributed by atoms with Gasteiger partial charge >= 0.3 is 0 Å². The third kappa shape index (κ3) is 3.80. The lowest BCUT2D eigenvalue weighted by Gasteiger charge is -2.24. The Hall–Kier alpha value is -3.58. The molecule has 154 valence electrons. The molecule has 4 aromatic rings. The van der Waals surface area contributed by atoms with Crippen molar-refractivity contribution in [2.45, 2.75) is 18.1 Å². The fourth-order valence-electron chi connectivity index (χ4n) is 3.77. The van der Waals surface area contributed by atoms with E-state index < -0.39 is 0 Å². The maximum Gasteiger partial charge on any atom is 0.277 e. The Balaban J connectivity index is 1.40. The Morgan fingerprint density at radius 3 is 2.19 bits per heavy atom. The van der Waals surface area contributed by atoms with E-state index >= 15 is 0 Å². The summed E-state index contributed by atoms with van der Waals surface area (Å²) in [5.74, 6) is 0.370. The quantitative estimate of drug-likeness (QED) is 0.460. The van der Waals surface area contributed by atoms with E-state index in [0.29, 0.717) is 5.56 Å². The number of aromatic hydroxyl groups is 1. The summed E-state index contributed by atoms with van der Waals surface area (Å²) in [6, 6.07) is 22.8. The molecule has 2 heterocycles. The minimum absolute atomic E-state index is 0.0610. The molecule has 0 saturated carbocycles.